The third-order valence-corrected chi connectivity index (χ3v) is 13.8. The third kappa shape index (κ3) is 8.15. The highest BCUT2D eigenvalue weighted by Gasteiger charge is 2.25. The lowest BCUT2D eigenvalue weighted by molar-refractivity contribution is 1.08. The van der Waals surface area contributed by atoms with Crippen LogP contribution in [0.1, 0.15) is 12.8 Å². The normalized spacial score (nSPS) is 32.9. The molecule has 0 N–H and O–H groups in total. The molecule has 4 atom stereocenters. The average Bonchev–Trinajstić information content (AvgIpc) is 3.15. The Labute approximate surface area is 166 Å². The second kappa shape index (κ2) is 12.2. The Kier molecular flexibility index (Phi) is 11.7. The van der Waals surface area contributed by atoms with Gasteiger partial charge in [0.1, 0.15) is 0 Å². The number of rotatable bonds is 10. The van der Waals surface area contributed by atoms with Gasteiger partial charge in [0.15, 0.2) is 0 Å². The quantitative estimate of drug-likeness (QED) is 0.265. The van der Waals surface area contributed by atoms with Crippen molar-refractivity contribution in [1.82, 2.24) is 0 Å². The van der Waals surface area contributed by atoms with Gasteiger partial charge < -0.3 is 0 Å². The van der Waals surface area contributed by atoms with Gasteiger partial charge in [0, 0.05) is 38.6 Å². The zero-order valence-corrected chi connectivity index (χ0v) is 18.7. The van der Waals surface area contributed by atoms with Gasteiger partial charge in [-0.1, -0.05) is 0 Å². The van der Waals surface area contributed by atoms with Crippen LogP contribution in [0.15, 0.2) is 0 Å². The van der Waals surface area contributed by atoms with Crippen molar-refractivity contribution in [2.24, 2.45) is 0 Å². The van der Waals surface area contributed by atoms with Crippen LogP contribution in [0.4, 0.5) is 0 Å². The topological polar surface area (TPSA) is 0 Å². The maximum atomic E-state index is 4.40. The lowest BCUT2D eigenvalue weighted by Crippen LogP contribution is -2.02. The Balaban J connectivity index is 1.37. The highest BCUT2D eigenvalue weighted by atomic mass is 32.2. The van der Waals surface area contributed by atoms with Crippen LogP contribution in [-0.2, 0) is 0 Å². The molecule has 2 fully saturated rings. The summed E-state index contributed by atoms with van der Waals surface area (Å²) in [7, 11) is 0. The first kappa shape index (κ1) is 20.1. The molecule has 4 unspecified atom stereocenters. The Morgan fingerprint density at radius 1 is 0.810 bits per heavy atom. The largest absolute Gasteiger partial charge is 0.178 e. The Morgan fingerprint density at radius 3 is 1.67 bits per heavy atom. The Morgan fingerprint density at radius 2 is 1.29 bits per heavy atom. The molecule has 2 saturated heterocycles. The summed E-state index contributed by atoms with van der Waals surface area (Å²) in [5.74, 6) is 7.35. The first-order valence-corrected chi connectivity index (χ1v) is 14.8. The molecule has 2 heterocycles. The fraction of sp³-hybridized carbons (Fsp3) is 1.00. The first-order valence-electron chi connectivity index (χ1n) is 7.23. The molecule has 124 valence electrons. The molecule has 21 heavy (non-hydrogen) atoms. The summed E-state index contributed by atoms with van der Waals surface area (Å²) in [6.07, 6.45) is 2.73. The van der Waals surface area contributed by atoms with E-state index in [1.165, 1.54) is 40.9 Å². The molecule has 0 nitrogen and oxygen atoms in total. The Bertz CT molecular complexity index is 251. The van der Waals surface area contributed by atoms with Gasteiger partial charge in [0.05, 0.1) is 9.16 Å². The molecule has 0 aromatic heterocycles. The smallest absolute Gasteiger partial charge is 0.0514 e. The lowest BCUT2D eigenvalue weighted by atomic mass is 10.5. The van der Waals surface area contributed by atoms with Crippen LogP contribution in [0.5, 0.6) is 0 Å². The fourth-order valence-electron chi connectivity index (χ4n) is 2.05. The summed E-state index contributed by atoms with van der Waals surface area (Å²) in [5, 5.41) is 2.87. The van der Waals surface area contributed by atoms with Crippen LogP contribution < -0.4 is 0 Å². The van der Waals surface area contributed by atoms with Crippen molar-refractivity contribution in [3.05, 3.63) is 0 Å². The summed E-state index contributed by atoms with van der Waals surface area (Å²) < 4.78 is 1.67. The molecular weight excluding hydrogens is 413 g/mol. The summed E-state index contributed by atoms with van der Waals surface area (Å²) in [5.41, 5.74) is 0. The van der Waals surface area contributed by atoms with Crippen molar-refractivity contribution in [1.29, 1.82) is 0 Å². The van der Waals surface area contributed by atoms with Crippen molar-refractivity contribution in [2.45, 2.75) is 32.5 Å². The van der Waals surface area contributed by atoms with Crippen molar-refractivity contribution in [3.63, 3.8) is 0 Å². The number of thioether (sulfide) groups is 6. The van der Waals surface area contributed by atoms with Gasteiger partial charge in [-0.15, -0.1) is 47.0 Å². The van der Waals surface area contributed by atoms with E-state index < -0.39 is 0 Å². The minimum Gasteiger partial charge on any atom is -0.178 e. The predicted molar refractivity (Wildman–Crippen MR) is 122 cm³/mol. The maximum Gasteiger partial charge on any atom is 0.0514 e. The predicted octanol–water partition coefficient (Wildman–Crippen LogP) is 5.40. The summed E-state index contributed by atoms with van der Waals surface area (Å²) in [6.45, 7) is 0. The molecule has 0 bridgehead atoms. The van der Waals surface area contributed by atoms with E-state index in [1.54, 1.807) is 0 Å². The van der Waals surface area contributed by atoms with Crippen LogP contribution in [0.25, 0.3) is 0 Å². The molecule has 8 heteroatoms. The van der Waals surface area contributed by atoms with Gasteiger partial charge in [0.25, 0.3) is 0 Å². The van der Waals surface area contributed by atoms with E-state index in [9.17, 15) is 0 Å². The Hall–Kier alpha value is 2.80. The van der Waals surface area contributed by atoms with Crippen molar-refractivity contribution < 1.29 is 0 Å². The first-order chi connectivity index (χ1) is 10.3. The molecule has 0 saturated carbocycles. The molecule has 0 aliphatic carbocycles. The highest BCUT2D eigenvalue weighted by molar-refractivity contribution is 8.21. The van der Waals surface area contributed by atoms with Crippen LogP contribution >= 0.6 is 95.8 Å². The number of hydrogen-bond donors (Lipinski definition) is 2. The highest BCUT2D eigenvalue weighted by Crippen LogP contribution is 2.41. The molecule has 0 radical (unpaired) electrons. The molecule has 2 aliphatic rings. The molecular formula is C13H24S8. The van der Waals surface area contributed by atoms with E-state index in [0.717, 1.165) is 31.2 Å². The van der Waals surface area contributed by atoms with Gasteiger partial charge in [-0.25, -0.2) is 0 Å². The fourth-order valence-corrected chi connectivity index (χ4v) is 12.3. The van der Waals surface area contributed by atoms with Crippen LogP contribution in [-0.4, -0.2) is 59.3 Å². The monoisotopic (exact) mass is 436 g/mol. The average molecular weight is 437 g/mol. The van der Waals surface area contributed by atoms with Crippen LogP contribution in [0.3, 0.4) is 0 Å². The van der Waals surface area contributed by atoms with Crippen molar-refractivity contribution >= 4 is 95.8 Å². The summed E-state index contributed by atoms with van der Waals surface area (Å²) in [4.78, 5) is 0. The summed E-state index contributed by atoms with van der Waals surface area (Å²) >= 11 is 21.7. The minimum atomic E-state index is 0.796. The summed E-state index contributed by atoms with van der Waals surface area (Å²) in [6, 6.07) is 0. The van der Waals surface area contributed by atoms with Gasteiger partial charge in [0.2, 0.25) is 0 Å². The van der Waals surface area contributed by atoms with E-state index in [-0.39, 0.29) is 0 Å². The van der Waals surface area contributed by atoms with Gasteiger partial charge in [-0.3, -0.25) is 0 Å². The van der Waals surface area contributed by atoms with E-state index in [0.29, 0.717) is 0 Å². The lowest BCUT2D eigenvalue weighted by Gasteiger charge is -2.10. The molecule has 0 aromatic carbocycles. The van der Waals surface area contributed by atoms with Gasteiger partial charge >= 0.3 is 0 Å². The SMILES string of the molecule is SCC1CSC(CCSCSCCC2SCC(CS)S2)S1. The maximum absolute atomic E-state index is 4.40. The molecule has 0 aromatic rings. The van der Waals surface area contributed by atoms with Crippen molar-refractivity contribution in [2.75, 3.05) is 39.6 Å². The molecule has 2 aliphatic heterocycles. The van der Waals surface area contributed by atoms with Gasteiger partial charge in [-0.05, 0) is 24.3 Å². The van der Waals surface area contributed by atoms with Gasteiger partial charge in [-0.2, -0.15) is 48.8 Å². The number of thiol groups is 2. The van der Waals surface area contributed by atoms with Crippen LogP contribution in [0.2, 0.25) is 0 Å². The second-order valence-corrected chi connectivity index (χ2v) is 14.3. The number of hydrogen-bond acceptors (Lipinski definition) is 8. The molecule has 0 amide bonds. The standard InChI is InChI=1S/C13H24S8/c14-5-10-7-18-12(20-10)1-3-16-9-17-4-2-13-19-8-11(6-15)21-13/h10-15H,1-9H2. The van der Waals surface area contributed by atoms with E-state index in [1.807, 2.05) is 0 Å². The zero-order chi connectivity index (χ0) is 14.9. The van der Waals surface area contributed by atoms with E-state index >= 15 is 0 Å². The molecule has 2 rings (SSSR count). The van der Waals surface area contributed by atoms with E-state index in [2.05, 4.69) is 95.8 Å². The zero-order valence-electron chi connectivity index (χ0n) is 12.0. The molecule has 0 spiro atoms. The third-order valence-electron chi connectivity index (χ3n) is 3.19. The minimum absolute atomic E-state index is 0.796. The second-order valence-electron chi connectivity index (χ2n) is 4.92. The van der Waals surface area contributed by atoms with E-state index in [4.69, 9.17) is 0 Å². The van der Waals surface area contributed by atoms with Crippen LogP contribution in [0, 0.1) is 0 Å². The van der Waals surface area contributed by atoms with Crippen molar-refractivity contribution in [3.8, 4) is 0 Å².